The first-order chi connectivity index (χ1) is 8.85. The lowest BCUT2D eigenvalue weighted by atomic mass is 9.58. The fourth-order valence-electron chi connectivity index (χ4n) is 4.46. The first kappa shape index (κ1) is 13.2. The molecular weight excluding hydrogens is 240 g/mol. The zero-order valence-corrected chi connectivity index (χ0v) is 12.3. The maximum Gasteiger partial charge on any atom is 0.410 e. The Morgan fingerprint density at radius 2 is 1.84 bits per heavy atom. The summed E-state index contributed by atoms with van der Waals surface area (Å²) in [6.07, 6.45) is 3.58. The SMILES string of the molecule is CC(C)(C)OC(=O)N1C[C@@H]2[C@H]3CC[C@H](C[C@H]3N)[C@@H]2C1. The Bertz CT molecular complexity index is 377. The molecule has 3 saturated carbocycles. The van der Waals surface area contributed by atoms with Gasteiger partial charge in [0.15, 0.2) is 0 Å². The molecule has 0 aromatic heterocycles. The molecule has 0 unspecified atom stereocenters. The summed E-state index contributed by atoms with van der Waals surface area (Å²) >= 11 is 0. The van der Waals surface area contributed by atoms with Crippen molar-refractivity contribution in [2.75, 3.05) is 13.1 Å². The Labute approximate surface area is 115 Å². The van der Waals surface area contributed by atoms with Gasteiger partial charge >= 0.3 is 6.09 Å². The summed E-state index contributed by atoms with van der Waals surface area (Å²) in [6, 6.07) is 0.360. The van der Waals surface area contributed by atoms with Crippen LogP contribution >= 0.6 is 0 Å². The molecule has 0 spiro atoms. The van der Waals surface area contributed by atoms with Gasteiger partial charge in [0.1, 0.15) is 5.60 Å². The summed E-state index contributed by atoms with van der Waals surface area (Å²) in [5, 5.41) is 0. The van der Waals surface area contributed by atoms with Gasteiger partial charge in [0, 0.05) is 19.1 Å². The fourth-order valence-corrected chi connectivity index (χ4v) is 4.46. The largest absolute Gasteiger partial charge is 0.444 e. The number of ether oxygens (including phenoxy) is 1. The van der Waals surface area contributed by atoms with Crippen molar-refractivity contribution in [2.24, 2.45) is 29.4 Å². The number of carbonyl (C=O) groups is 1. The van der Waals surface area contributed by atoms with Gasteiger partial charge in [-0.3, -0.25) is 0 Å². The quantitative estimate of drug-likeness (QED) is 0.731. The average Bonchev–Trinajstić information content (AvgIpc) is 2.73. The highest BCUT2D eigenvalue weighted by Crippen LogP contribution is 2.51. The van der Waals surface area contributed by atoms with Crippen molar-refractivity contribution in [1.29, 1.82) is 0 Å². The highest BCUT2D eigenvalue weighted by molar-refractivity contribution is 5.68. The van der Waals surface area contributed by atoms with E-state index < -0.39 is 5.60 Å². The third kappa shape index (κ3) is 2.35. The number of likely N-dealkylation sites (tertiary alicyclic amines) is 1. The summed E-state index contributed by atoms with van der Waals surface area (Å²) in [6.45, 7) is 7.51. The van der Waals surface area contributed by atoms with E-state index in [1.54, 1.807) is 0 Å². The van der Waals surface area contributed by atoms with Crippen molar-refractivity contribution < 1.29 is 9.53 Å². The van der Waals surface area contributed by atoms with Gasteiger partial charge < -0.3 is 15.4 Å². The van der Waals surface area contributed by atoms with E-state index in [1.807, 2.05) is 25.7 Å². The molecule has 0 aromatic carbocycles. The predicted octanol–water partition coefficient (Wildman–Crippen LogP) is 2.23. The second kappa shape index (κ2) is 4.37. The van der Waals surface area contributed by atoms with E-state index in [-0.39, 0.29) is 6.09 Å². The van der Waals surface area contributed by atoms with Crippen molar-refractivity contribution in [3.8, 4) is 0 Å². The highest BCUT2D eigenvalue weighted by atomic mass is 16.6. The molecule has 1 amide bonds. The molecule has 4 fully saturated rings. The third-order valence-corrected chi connectivity index (χ3v) is 5.22. The van der Waals surface area contributed by atoms with Gasteiger partial charge in [0.2, 0.25) is 0 Å². The molecule has 19 heavy (non-hydrogen) atoms. The molecule has 4 rings (SSSR count). The van der Waals surface area contributed by atoms with E-state index in [1.165, 1.54) is 12.8 Å². The predicted molar refractivity (Wildman–Crippen MR) is 73.6 cm³/mol. The molecule has 1 saturated heterocycles. The second-order valence-electron chi connectivity index (χ2n) is 7.61. The summed E-state index contributed by atoms with van der Waals surface area (Å²) in [5.41, 5.74) is 5.86. The van der Waals surface area contributed by atoms with Gasteiger partial charge in [0.25, 0.3) is 0 Å². The number of rotatable bonds is 0. The van der Waals surface area contributed by atoms with Gasteiger partial charge in [-0.25, -0.2) is 4.79 Å². The summed E-state index contributed by atoms with van der Waals surface area (Å²) in [4.78, 5) is 14.1. The maximum absolute atomic E-state index is 12.2. The van der Waals surface area contributed by atoms with E-state index in [0.29, 0.717) is 23.8 Å². The number of nitrogens with zero attached hydrogens (tertiary/aromatic N) is 1. The molecule has 2 bridgehead atoms. The van der Waals surface area contributed by atoms with Crippen LogP contribution in [0, 0.1) is 23.7 Å². The molecule has 4 heteroatoms. The van der Waals surface area contributed by atoms with Crippen LogP contribution in [0.3, 0.4) is 0 Å². The fraction of sp³-hybridized carbons (Fsp3) is 0.933. The second-order valence-corrected chi connectivity index (χ2v) is 7.61. The number of hydrogen-bond donors (Lipinski definition) is 1. The zero-order chi connectivity index (χ0) is 13.8. The number of amides is 1. The normalized spacial score (nSPS) is 41.3. The van der Waals surface area contributed by atoms with Crippen LogP contribution in [0.25, 0.3) is 0 Å². The molecule has 5 atom stereocenters. The van der Waals surface area contributed by atoms with Crippen LogP contribution in [0.1, 0.15) is 40.0 Å². The standard InChI is InChI=1S/C15H26N2O2/c1-15(2,3)19-14(18)17-7-11-9-4-5-10(12(11)8-17)13(16)6-9/h9-13H,4-8,16H2,1-3H3/t9-,10-,11+,12-,13-/m1/s1. The van der Waals surface area contributed by atoms with Crippen LogP contribution in [-0.2, 0) is 4.74 Å². The Balaban J connectivity index is 1.68. The monoisotopic (exact) mass is 266 g/mol. The van der Waals surface area contributed by atoms with E-state index >= 15 is 0 Å². The van der Waals surface area contributed by atoms with Gasteiger partial charge in [-0.1, -0.05) is 0 Å². The first-order valence-electron chi connectivity index (χ1n) is 7.58. The summed E-state index contributed by atoms with van der Waals surface area (Å²) in [5.74, 6) is 2.65. The molecular formula is C15H26N2O2. The van der Waals surface area contributed by atoms with Crippen molar-refractivity contribution in [3.05, 3.63) is 0 Å². The Morgan fingerprint density at radius 1 is 1.16 bits per heavy atom. The van der Waals surface area contributed by atoms with Crippen LogP contribution < -0.4 is 5.73 Å². The molecule has 4 aliphatic rings. The van der Waals surface area contributed by atoms with E-state index in [0.717, 1.165) is 25.4 Å². The van der Waals surface area contributed by atoms with E-state index in [2.05, 4.69) is 0 Å². The van der Waals surface area contributed by atoms with Gasteiger partial charge in [-0.15, -0.1) is 0 Å². The topological polar surface area (TPSA) is 55.6 Å². The Kier molecular flexibility index (Phi) is 3.04. The number of nitrogens with two attached hydrogens (primary N) is 1. The number of hydrogen-bond acceptors (Lipinski definition) is 3. The van der Waals surface area contributed by atoms with Crippen LogP contribution in [0.2, 0.25) is 0 Å². The van der Waals surface area contributed by atoms with Crippen molar-refractivity contribution in [3.63, 3.8) is 0 Å². The number of fused-ring (bicyclic) bond motifs is 2. The lowest BCUT2D eigenvalue weighted by Crippen LogP contribution is -2.50. The van der Waals surface area contributed by atoms with Crippen molar-refractivity contribution in [2.45, 2.75) is 51.7 Å². The first-order valence-corrected chi connectivity index (χ1v) is 7.58. The van der Waals surface area contributed by atoms with Gasteiger partial charge in [-0.2, -0.15) is 0 Å². The van der Waals surface area contributed by atoms with E-state index in [4.69, 9.17) is 10.5 Å². The zero-order valence-electron chi connectivity index (χ0n) is 12.3. The number of carbonyl (C=O) groups excluding carboxylic acids is 1. The Morgan fingerprint density at radius 3 is 2.47 bits per heavy atom. The minimum atomic E-state index is -0.403. The molecule has 2 N–H and O–H groups in total. The smallest absolute Gasteiger partial charge is 0.410 e. The highest BCUT2D eigenvalue weighted by Gasteiger charge is 2.52. The van der Waals surface area contributed by atoms with Gasteiger partial charge in [0.05, 0.1) is 0 Å². The maximum atomic E-state index is 12.2. The van der Waals surface area contributed by atoms with Crippen LogP contribution in [0.15, 0.2) is 0 Å². The molecule has 1 aliphatic heterocycles. The third-order valence-electron chi connectivity index (χ3n) is 5.22. The van der Waals surface area contributed by atoms with Gasteiger partial charge in [-0.05, 0) is 63.7 Å². The lowest BCUT2D eigenvalue weighted by Gasteiger charge is -2.48. The minimum absolute atomic E-state index is 0.144. The Hall–Kier alpha value is -0.770. The van der Waals surface area contributed by atoms with Crippen LogP contribution in [0.4, 0.5) is 4.79 Å². The molecule has 1 heterocycles. The summed E-state index contributed by atoms with van der Waals surface area (Å²) < 4.78 is 5.50. The summed E-state index contributed by atoms with van der Waals surface area (Å²) in [7, 11) is 0. The van der Waals surface area contributed by atoms with Crippen molar-refractivity contribution in [1.82, 2.24) is 4.90 Å². The minimum Gasteiger partial charge on any atom is -0.444 e. The molecule has 108 valence electrons. The molecule has 3 aliphatic carbocycles. The lowest BCUT2D eigenvalue weighted by molar-refractivity contribution is 0.0282. The van der Waals surface area contributed by atoms with E-state index in [9.17, 15) is 4.79 Å². The van der Waals surface area contributed by atoms with Crippen molar-refractivity contribution >= 4 is 6.09 Å². The molecule has 0 radical (unpaired) electrons. The molecule has 0 aromatic rings. The molecule has 4 nitrogen and oxygen atoms in total. The van der Waals surface area contributed by atoms with Crippen LogP contribution in [-0.4, -0.2) is 35.7 Å². The van der Waals surface area contributed by atoms with Crippen LogP contribution in [0.5, 0.6) is 0 Å². The average molecular weight is 266 g/mol.